The number of carbonyl (C=O) groups is 6. The highest BCUT2D eigenvalue weighted by Gasteiger charge is 2.27. The van der Waals surface area contributed by atoms with Crippen molar-refractivity contribution in [3.63, 3.8) is 0 Å². The summed E-state index contributed by atoms with van der Waals surface area (Å²) in [5, 5.41) is 7.56. The van der Waals surface area contributed by atoms with Crippen LogP contribution in [-0.2, 0) is 33.4 Å². The van der Waals surface area contributed by atoms with Crippen molar-refractivity contribution < 1.29 is 38.2 Å². The first-order valence-corrected chi connectivity index (χ1v) is 11.6. The quantitative estimate of drug-likeness (QED) is 0.101. The highest BCUT2D eigenvalue weighted by molar-refractivity contribution is 6.12. The van der Waals surface area contributed by atoms with Crippen molar-refractivity contribution in [1.82, 2.24) is 20.9 Å². The fourth-order valence-corrected chi connectivity index (χ4v) is 3.14. The molecule has 0 spiro atoms. The lowest BCUT2D eigenvalue weighted by Crippen LogP contribution is -2.54. The maximum absolute atomic E-state index is 12.7. The van der Waals surface area contributed by atoms with E-state index in [1.165, 1.54) is 12.2 Å². The van der Waals surface area contributed by atoms with E-state index in [-0.39, 0.29) is 70.1 Å². The fraction of sp³-hybridized carbons (Fsp3) is 0.636. The second kappa shape index (κ2) is 16.2. The molecule has 0 aromatic rings. The monoisotopic (exact) mass is 512 g/mol. The van der Waals surface area contributed by atoms with Crippen LogP contribution in [0.5, 0.6) is 0 Å². The molecule has 0 fully saturated rings. The van der Waals surface area contributed by atoms with Gasteiger partial charge in [-0.1, -0.05) is 13.8 Å². The number of nitrogens with two attached hydrogens (primary N) is 2. The Morgan fingerprint density at radius 3 is 2.11 bits per heavy atom. The molecule has 0 radical (unpaired) electrons. The van der Waals surface area contributed by atoms with Crippen LogP contribution in [0.15, 0.2) is 12.2 Å². The van der Waals surface area contributed by atoms with E-state index in [0.29, 0.717) is 6.42 Å². The Bertz CT molecular complexity index is 813. The number of amides is 7. The van der Waals surface area contributed by atoms with E-state index in [4.69, 9.17) is 20.9 Å². The van der Waals surface area contributed by atoms with Gasteiger partial charge in [-0.15, -0.1) is 0 Å². The van der Waals surface area contributed by atoms with E-state index in [0.717, 1.165) is 4.90 Å². The smallest absolute Gasteiger partial charge is 0.312 e. The topological polar surface area (TPSA) is 212 Å². The van der Waals surface area contributed by atoms with E-state index >= 15 is 0 Å². The van der Waals surface area contributed by atoms with Gasteiger partial charge in [-0.2, -0.15) is 0 Å². The van der Waals surface area contributed by atoms with Crippen molar-refractivity contribution in [2.75, 3.05) is 39.5 Å². The molecule has 7 amide bonds. The summed E-state index contributed by atoms with van der Waals surface area (Å²) in [5.74, 6) is -2.71. The zero-order valence-electron chi connectivity index (χ0n) is 20.6. The van der Waals surface area contributed by atoms with Gasteiger partial charge in [-0.25, -0.2) is 4.79 Å². The van der Waals surface area contributed by atoms with Gasteiger partial charge in [0, 0.05) is 25.1 Å². The van der Waals surface area contributed by atoms with E-state index in [9.17, 15) is 28.8 Å². The predicted molar refractivity (Wildman–Crippen MR) is 127 cm³/mol. The minimum atomic E-state index is -0.966. The molecular formula is C22H36N6O8. The molecule has 1 heterocycles. The van der Waals surface area contributed by atoms with Crippen molar-refractivity contribution in [2.45, 2.75) is 45.2 Å². The van der Waals surface area contributed by atoms with Crippen LogP contribution in [-0.4, -0.2) is 92.1 Å². The number of rotatable bonds is 18. The lowest BCUT2D eigenvalue weighted by molar-refractivity contribution is -0.137. The summed E-state index contributed by atoms with van der Waals surface area (Å²) in [6, 6.07) is -2.55. The summed E-state index contributed by atoms with van der Waals surface area (Å²) in [7, 11) is 0. The van der Waals surface area contributed by atoms with Crippen LogP contribution in [0.4, 0.5) is 4.79 Å². The molecular weight excluding hydrogens is 476 g/mol. The molecule has 0 bridgehead atoms. The van der Waals surface area contributed by atoms with Gasteiger partial charge in [0.25, 0.3) is 11.8 Å². The zero-order chi connectivity index (χ0) is 27.1. The van der Waals surface area contributed by atoms with E-state index < -0.39 is 35.8 Å². The van der Waals surface area contributed by atoms with Crippen molar-refractivity contribution in [2.24, 2.45) is 17.4 Å². The summed E-state index contributed by atoms with van der Waals surface area (Å²) < 4.78 is 10.7. The zero-order valence-corrected chi connectivity index (χ0v) is 20.6. The van der Waals surface area contributed by atoms with Gasteiger partial charge in [0.2, 0.25) is 17.7 Å². The van der Waals surface area contributed by atoms with E-state index in [1.807, 2.05) is 0 Å². The Morgan fingerprint density at radius 1 is 0.944 bits per heavy atom. The standard InChI is InChI=1S/C22H36N6O8/c1-14(2)19(21(33)26-15(20(23)32)4-3-8-25-22(24)34)27-16(29)7-10-35-12-13-36-11-9-28-17(30)5-6-18(28)31/h5-6,14-15,19H,3-4,7-13H2,1-2H3,(H2,23,32)(H,26,33)(H,27,29)(H3,24,25,34). The molecule has 0 aromatic carbocycles. The molecule has 14 nitrogen and oxygen atoms in total. The molecule has 14 heteroatoms. The predicted octanol–water partition coefficient (Wildman–Crippen LogP) is -2.11. The molecule has 0 aromatic heterocycles. The average molecular weight is 513 g/mol. The van der Waals surface area contributed by atoms with E-state index in [1.54, 1.807) is 13.8 Å². The van der Waals surface area contributed by atoms with Gasteiger partial charge in [-0.05, 0) is 18.8 Å². The first kappa shape index (κ1) is 30.5. The Morgan fingerprint density at radius 2 is 1.56 bits per heavy atom. The maximum Gasteiger partial charge on any atom is 0.312 e. The molecule has 2 atom stereocenters. The first-order chi connectivity index (χ1) is 17.0. The summed E-state index contributed by atoms with van der Waals surface area (Å²) >= 11 is 0. The van der Waals surface area contributed by atoms with Gasteiger partial charge < -0.3 is 36.9 Å². The van der Waals surface area contributed by atoms with Gasteiger partial charge in [0.1, 0.15) is 12.1 Å². The number of hydrogen-bond acceptors (Lipinski definition) is 8. The van der Waals surface area contributed by atoms with Crippen molar-refractivity contribution >= 4 is 35.6 Å². The minimum Gasteiger partial charge on any atom is -0.379 e. The Balaban J connectivity index is 2.29. The van der Waals surface area contributed by atoms with Crippen LogP contribution in [0.25, 0.3) is 0 Å². The lowest BCUT2D eigenvalue weighted by atomic mass is 10.0. The lowest BCUT2D eigenvalue weighted by Gasteiger charge is -2.24. The number of ether oxygens (including phenoxy) is 2. The molecule has 36 heavy (non-hydrogen) atoms. The van der Waals surface area contributed by atoms with Crippen molar-refractivity contribution in [1.29, 1.82) is 0 Å². The molecule has 0 saturated heterocycles. The number of nitrogens with zero attached hydrogens (tertiary/aromatic N) is 1. The van der Waals surface area contributed by atoms with Gasteiger partial charge >= 0.3 is 6.03 Å². The second-order valence-corrected chi connectivity index (χ2v) is 8.32. The number of primary amides is 2. The molecule has 202 valence electrons. The Hall–Kier alpha value is -3.52. The molecule has 7 N–H and O–H groups in total. The summed E-state index contributed by atoms with van der Waals surface area (Å²) in [6.07, 6.45) is 2.95. The maximum atomic E-state index is 12.7. The molecule has 0 saturated carbocycles. The molecule has 0 aliphatic carbocycles. The number of urea groups is 1. The van der Waals surface area contributed by atoms with Gasteiger partial charge in [-0.3, -0.25) is 28.9 Å². The highest BCUT2D eigenvalue weighted by atomic mass is 16.5. The number of carbonyl (C=O) groups excluding carboxylic acids is 6. The van der Waals surface area contributed by atoms with Crippen LogP contribution in [0.1, 0.15) is 33.1 Å². The average Bonchev–Trinajstić information content (AvgIpc) is 3.12. The van der Waals surface area contributed by atoms with Crippen LogP contribution >= 0.6 is 0 Å². The van der Waals surface area contributed by atoms with Gasteiger partial charge in [0.15, 0.2) is 0 Å². The SMILES string of the molecule is CC(C)C(NC(=O)CCOCCOCCN1C(=O)C=CC1=O)C(=O)NC(CCCNC(N)=O)C(N)=O. The largest absolute Gasteiger partial charge is 0.379 e. The summed E-state index contributed by atoms with van der Waals surface area (Å²) in [6.45, 7) is 4.53. The summed E-state index contributed by atoms with van der Waals surface area (Å²) in [4.78, 5) is 71.2. The van der Waals surface area contributed by atoms with Crippen LogP contribution in [0.2, 0.25) is 0 Å². The Labute approximate surface area is 209 Å². The molecule has 2 unspecified atom stereocenters. The fourth-order valence-electron chi connectivity index (χ4n) is 3.14. The molecule has 1 aliphatic heterocycles. The second-order valence-electron chi connectivity index (χ2n) is 8.32. The van der Waals surface area contributed by atoms with Gasteiger partial charge in [0.05, 0.1) is 33.0 Å². The number of nitrogens with one attached hydrogen (secondary N) is 3. The van der Waals surface area contributed by atoms with E-state index in [2.05, 4.69) is 16.0 Å². The Kier molecular flexibility index (Phi) is 13.7. The van der Waals surface area contributed by atoms with Crippen molar-refractivity contribution in [3.8, 4) is 0 Å². The first-order valence-electron chi connectivity index (χ1n) is 11.6. The van der Waals surface area contributed by atoms with Crippen molar-refractivity contribution in [3.05, 3.63) is 12.2 Å². The number of imide groups is 1. The normalized spacial score (nSPS) is 14.6. The minimum absolute atomic E-state index is 0.00299. The summed E-state index contributed by atoms with van der Waals surface area (Å²) in [5.41, 5.74) is 10.3. The highest BCUT2D eigenvalue weighted by Crippen LogP contribution is 2.05. The molecule has 1 rings (SSSR count). The third kappa shape index (κ3) is 11.8. The molecule has 1 aliphatic rings. The third-order valence-electron chi connectivity index (χ3n) is 5.10. The third-order valence-corrected chi connectivity index (χ3v) is 5.10. The van der Waals surface area contributed by atoms with Crippen LogP contribution in [0, 0.1) is 5.92 Å². The van der Waals surface area contributed by atoms with Crippen LogP contribution in [0.3, 0.4) is 0 Å². The number of hydrogen-bond donors (Lipinski definition) is 5. The van der Waals surface area contributed by atoms with Crippen LogP contribution < -0.4 is 27.4 Å².